The molecule has 0 saturated carbocycles. The minimum Gasteiger partial charge on any atom is -0.255 e. The number of aromatic nitrogens is 2. The van der Waals surface area contributed by atoms with E-state index in [4.69, 9.17) is 0 Å². The molecule has 2 aromatic heterocycles. The van der Waals surface area contributed by atoms with E-state index in [2.05, 4.69) is 22.1 Å². The fourth-order valence-corrected chi connectivity index (χ4v) is 2.20. The van der Waals surface area contributed by atoms with Gasteiger partial charge in [-0.1, -0.05) is 18.2 Å². The summed E-state index contributed by atoms with van der Waals surface area (Å²) < 4.78 is 0. The normalized spacial score (nSPS) is 11.1. The van der Waals surface area contributed by atoms with Crippen molar-refractivity contribution in [2.45, 2.75) is 5.03 Å². The van der Waals surface area contributed by atoms with E-state index < -0.39 is 0 Å². The summed E-state index contributed by atoms with van der Waals surface area (Å²) in [5.74, 6) is 0. The molecule has 1 aromatic carbocycles. The van der Waals surface area contributed by atoms with E-state index in [1.165, 1.54) is 0 Å². The Balaban J connectivity index is 2.47. The molecule has 0 spiro atoms. The van der Waals surface area contributed by atoms with E-state index in [-0.39, 0.29) is 0 Å². The third kappa shape index (κ3) is 1.44. The molecule has 0 fully saturated rings. The zero-order valence-electron chi connectivity index (χ0n) is 8.84. The van der Waals surface area contributed by atoms with Crippen LogP contribution in [0.5, 0.6) is 0 Å². The van der Waals surface area contributed by atoms with Crippen LogP contribution in [0, 0.1) is 0 Å². The summed E-state index contributed by atoms with van der Waals surface area (Å²) in [7, 11) is 0. The SMILES string of the molecule is CSc1ccc2cnc3ccccc3c2n1. The van der Waals surface area contributed by atoms with Crippen LogP contribution in [0.4, 0.5) is 0 Å². The molecule has 0 bridgehead atoms. The molecule has 0 aliphatic heterocycles. The highest BCUT2D eigenvalue weighted by molar-refractivity contribution is 7.98. The number of thioether (sulfide) groups is 1. The lowest BCUT2D eigenvalue weighted by Gasteiger charge is -2.03. The van der Waals surface area contributed by atoms with Crippen LogP contribution in [0.2, 0.25) is 0 Å². The molecule has 0 amide bonds. The van der Waals surface area contributed by atoms with Gasteiger partial charge in [-0.05, 0) is 24.5 Å². The van der Waals surface area contributed by atoms with E-state index in [0.717, 1.165) is 26.8 Å². The van der Waals surface area contributed by atoms with Gasteiger partial charge in [0.05, 0.1) is 16.1 Å². The number of nitrogens with zero attached hydrogens (tertiary/aromatic N) is 2. The quantitative estimate of drug-likeness (QED) is 0.469. The van der Waals surface area contributed by atoms with Crippen molar-refractivity contribution in [3.8, 4) is 0 Å². The summed E-state index contributed by atoms with van der Waals surface area (Å²) in [6, 6.07) is 12.2. The first kappa shape index (κ1) is 9.60. The van der Waals surface area contributed by atoms with Crippen molar-refractivity contribution in [1.82, 2.24) is 9.97 Å². The Bertz CT molecular complexity index is 664. The van der Waals surface area contributed by atoms with Gasteiger partial charge in [0.15, 0.2) is 0 Å². The maximum Gasteiger partial charge on any atom is 0.0965 e. The zero-order valence-corrected chi connectivity index (χ0v) is 9.66. The Labute approximate surface area is 97.7 Å². The number of hydrogen-bond donors (Lipinski definition) is 0. The molecular weight excluding hydrogens is 216 g/mol. The Kier molecular flexibility index (Phi) is 2.26. The van der Waals surface area contributed by atoms with Crippen LogP contribution in [-0.4, -0.2) is 16.2 Å². The van der Waals surface area contributed by atoms with Gasteiger partial charge < -0.3 is 0 Å². The van der Waals surface area contributed by atoms with Gasteiger partial charge in [0.1, 0.15) is 0 Å². The fourth-order valence-electron chi connectivity index (χ4n) is 1.81. The lowest BCUT2D eigenvalue weighted by Crippen LogP contribution is -1.86. The van der Waals surface area contributed by atoms with E-state index in [1.807, 2.05) is 36.7 Å². The Morgan fingerprint density at radius 1 is 1.06 bits per heavy atom. The van der Waals surface area contributed by atoms with Crippen LogP contribution in [0.3, 0.4) is 0 Å². The van der Waals surface area contributed by atoms with Gasteiger partial charge in [0.25, 0.3) is 0 Å². The molecule has 0 unspecified atom stereocenters. The summed E-state index contributed by atoms with van der Waals surface area (Å²) in [6.45, 7) is 0. The molecule has 3 rings (SSSR count). The topological polar surface area (TPSA) is 25.8 Å². The minimum absolute atomic E-state index is 1.00. The lowest BCUT2D eigenvalue weighted by atomic mass is 10.1. The van der Waals surface area contributed by atoms with Crippen molar-refractivity contribution in [3.63, 3.8) is 0 Å². The van der Waals surface area contributed by atoms with E-state index in [0.29, 0.717) is 0 Å². The zero-order chi connectivity index (χ0) is 11.0. The summed E-state index contributed by atoms with van der Waals surface area (Å²) in [6.07, 6.45) is 3.92. The molecule has 0 saturated heterocycles. The highest BCUT2D eigenvalue weighted by Crippen LogP contribution is 2.23. The van der Waals surface area contributed by atoms with Crippen molar-refractivity contribution in [2.24, 2.45) is 0 Å². The first-order chi connectivity index (χ1) is 7.88. The molecule has 0 radical (unpaired) electrons. The van der Waals surface area contributed by atoms with Gasteiger partial charge in [-0.15, -0.1) is 11.8 Å². The van der Waals surface area contributed by atoms with Gasteiger partial charge in [-0.25, -0.2) is 4.98 Å². The molecule has 16 heavy (non-hydrogen) atoms. The first-order valence-electron chi connectivity index (χ1n) is 5.07. The predicted octanol–water partition coefficient (Wildman–Crippen LogP) is 3.50. The summed E-state index contributed by atoms with van der Waals surface area (Å²) >= 11 is 1.66. The first-order valence-corrected chi connectivity index (χ1v) is 6.29. The van der Waals surface area contributed by atoms with E-state index in [1.54, 1.807) is 11.8 Å². The molecule has 0 atom stereocenters. The molecule has 3 aromatic rings. The molecule has 2 nitrogen and oxygen atoms in total. The van der Waals surface area contributed by atoms with Gasteiger partial charge in [0, 0.05) is 17.0 Å². The van der Waals surface area contributed by atoms with Crippen LogP contribution in [0.25, 0.3) is 21.8 Å². The average molecular weight is 226 g/mol. The Morgan fingerprint density at radius 3 is 2.81 bits per heavy atom. The lowest BCUT2D eigenvalue weighted by molar-refractivity contribution is 1.20. The number of para-hydroxylation sites is 1. The van der Waals surface area contributed by atoms with Gasteiger partial charge in [-0.3, -0.25) is 4.98 Å². The maximum atomic E-state index is 4.64. The summed E-state index contributed by atoms with van der Waals surface area (Å²) in [5.41, 5.74) is 2.04. The second kappa shape index (κ2) is 3.76. The average Bonchev–Trinajstić information content (AvgIpc) is 2.38. The molecular formula is C13H10N2S. The van der Waals surface area contributed by atoms with E-state index in [9.17, 15) is 0 Å². The summed E-state index contributed by atoms with van der Waals surface area (Å²) in [5, 5.41) is 3.26. The van der Waals surface area contributed by atoms with Crippen molar-refractivity contribution < 1.29 is 0 Å². The second-order valence-electron chi connectivity index (χ2n) is 3.57. The fraction of sp³-hybridized carbons (Fsp3) is 0.0769. The molecule has 0 aliphatic carbocycles. The standard InChI is InChI=1S/C13H10N2S/c1-16-12-7-6-9-8-14-11-5-3-2-4-10(11)13(9)15-12/h2-8H,1H3. The third-order valence-electron chi connectivity index (χ3n) is 2.61. The monoisotopic (exact) mass is 226 g/mol. The van der Waals surface area contributed by atoms with Gasteiger partial charge in [0.2, 0.25) is 0 Å². The van der Waals surface area contributed by atoms with Crippen LogP contribution in [0.1, 0.15) is 0 Å². The van der Waals surface area contributed by atoms with E-state index >= 15 is 0 Å². The molecule has 3 heteroatoms. The predicted molar refractivity (Wildman–Crippen MR) is 68.8 cm³/mol. The second-order valence-corrected chi connectivity index (χ2v) is 4.39. The largest absolute Gasteiger partial charge is 0.255 e. The minimum atomic E-state index is 1.00. The summed E-state index contributed by atoms with van der Waals surface area (Å²) in [4.78, 5) is 9.06. The van der Waals surface area contributed by atoms with Crippen LogP contribution < -0.4 is 0 Å². The maximum absolute atomic E-state index is 4.64. The smallest absolute Gasteiger partial charge is 0.0965 e. The highest BCUT2D eigenvalue weighted by atomic mass is 32.2. The van der Waals surface area contributed by atoms with Gasteiger partial charge >= 0.3 is 0 Å². The van der Waals surface area contributed by atoms with Crippen LogP contribution >= 0.6 is 11.8 Å². The molecule has 78 valence electrons. The number of hydrogen-bond acceptors (Lipinski definition) is 3. The Morgan fingerprint density at radius 2 is 1.94 bits per heavy atom. The number of pyridine rings is 2. The van der Waals surface area contributed by atoms with Crippen LogP contribution in [-0.2, 0) is 0 Å². The molecule has 0 aliphatic rings. The third-order valence-corrected chi connectivity index (χ3v) is 3.26. The van der Waals surface area contributed by atoms with Crippen molar-refractivity contribution in [2.75, 3.05) is 6.26 Å². The van der Waals surface area contributed by atoms with Crippen molar-refractivity contribution in [1.29, 1.82) is 0 Å². The number of benzene rings is 1. The van der Waals surface area contributed by atoms with Crippen molar-refractivity contribution in [3.05, 3.63) is 42.6 Å². The van der Waals surface area contributed by atoms with Crippen molar-refractivity contribution >= 4 is 33.6 Å². The number of rotatable bonds is 1. The Hall–Kier alpha value is -1.61. The molecule has 2 heterocycles. The number of fused-ring (bicyclic) bond motifs is 3. The highest BCUT2D eigenvalue weighted by Gasteiger charge is 2.03. The van der Waals surface area contributed by atoms with Crippen LogP contribution in [0.15, 0.2) is 47.6 Å². The van der Waals surface area contributed by atoms with Gasteiger partial charge in [-0.2, -0.15) is 0 Å². The molecule has 0 N–H and O–H groups in total.